The summed E-state index contributed by atoms with van der Waals surface area (Å²) in [6, 6.07) is 7.16. The van der Waals surface area contributed by atoms with Gasteiger partial charge in [-0.2, -0.15) is 9.97 Å². The highest BCUT2D eigenvalue weighted by molar-refractivity contribution is 7.53. The number of terminal acetylenes is 1. The predicted octanol–water partition coefficient (Wildman–Crippen LogP) is 2.93. The second-order valence-corrected chi connectivity index (χ2v) is 10.0. The van der Waals surface area contributed by atoms with Crippen LogP contribution >= 0.6 is 7.60 Å². The number of nitrogens with two attached hydrogens (primary N) is 2. The molecular formula is C24H30N7O4P. The van der Waals surface area contributed by atoms with Gasteiger partial charge in [0.2, 0.25) is 5.95 Å². The van der Waals surface area contributed by atoms with Crippen molar-refractivity contribution in [2.75, 3.05) is 37.4 Å². The third-order valence-electron chi connectivity index (χ3n) is 5.29. The number of nitrogens with one attached hydrogen (secondary N) is 1. The number of anilines is 2. The highest BCUT2D eigenvalue weighted by Crippen LogP contribution is 2.47. The highest BCUT2D eigenvalue weighted by atomic mass is 31.2. The van der Waals surface area contributed by atoms with Gasteiger partial charge < -0.3 is 25.8 Å². The third-order valence-corrected chi connectivity index (χ3v) is 7.36. The maximum Gasteiger partial charge on any atom is 0.332 e. The number of nitrogens with zero attached hydrogens (tertiary/aromatic N) is 4. The summed E-state index contributed by atoms with van der Waals surface area (Å²) in [4.78, 5) is 29.4. The zero-order valence-corrected chi connectivity index (χ0v) is 21.2. The molecule has 12 heteroatoms. The zero-order valence-electron chi connectivity index (χ0n) is 20.3. The van der Waals surface area contributed by atoms with Crippen LogP contribution < -0.4 is 16.8 Å². The van der Waals surface area contributed by atoms with Crippen LogP contribution in [0.25, 0.3) is 11.2 Å². The van der Waals surface area contributed by atoms with Crippen LogP contribution in [-0.4, -0.2) is 51.8 Å². The molecule has 5 N–H and O–H groups in total. The van der Waals surface area contributed by atoms with E-state index < -0.39 is 7.60 Å². The summed E-state index contributed by atoms with van der Waals surface area (Å²) in [5.74, 6) is 2.55. The van der Waals surface area contributed by atoms with Crippen molar-refractivity contribution in [3.8, 4) is 12.3 Å². The normalized spacial score (nSPS) is 12.2. The maximum absolute atomic E-state index is 12.6. The Kier molecular flexibility index (Phi) is 9.31. The predicted molar refractivity (Wildman–Crippen MR) is 138 cm³/mol. The number of carbonyl (C=O) groups is 1. The quantitative estimate of drug-likeness (QED) is 0.243. The Bertz CT molecular complexity index is 1280. The second-order valence-electron chi connectivity index (χ2n) is 7.86. The molecule has 2 heterocycles. The number of fused-ring (bicyclic) bond motifs is 1. The molecule has 0 aliphatic rings. The summed E-state index contributed by atoms with van der Waals surface area (Å²) in [7, 11) is -3.22. The Hall–Kier alpha value is -3.58. The van der Waals surface area contributed by atoms with Gasteiger partial charge in [0.1, 0.15) is 0 Å². The van der Waals surface area contributed by atoms with Gasteiger partial charge in [0.05, 0.1) is 31.3 Å². The number of aromatic nitrogens is 4. The van der Waals surface area contributed by atoms with Crippen LogP contribution in [0.2, 0.25) is 0 Å². The first kappa shape index (κ1) is 27.0. The van der Waals surface area contributed by atoms with Crippen LogP contribution in [0.1, 0.15) is 47.8 Å². The van der Waals surface area contributed by atoms with E-state index in [-0.39, 0.29) is 49.5 Å². The molecule has 1 amide bonds. The van der Waals surface area contributed by atoms with Crippen LogP contribution in [0, 0.1) is 12.3 Å². The molecule has 0 radical (unpaired) electrons. The lowest BCUT2D eigenvalue weighted by molar-refractivity contribution is 0.0955. The first-order valence-corrected chi connectivity index (χ1v) is 13.3. The molecule has 2 aromatic heterocycles. The third kappa shape index (κ3) is 6.98. The van der Waals surface area contributed by atoms with Crippen molar-refractivity contribution in [1.29, 1.82) is 0 Å². The van der Waals surface area contributed by atoms with Crippen molar-refractivity contribution in [2.45, 2.75) is 32.6 Å². The minimum absolute atomic E-state index is 0.0361. The monoisotopic (exact) mass is 511 g/mol. The Morgan fingerprint density at radius 3 is 2.47 bits per heavy atom. The number of nitrogen functional groups attached to an aromatic ring is 2. The Morgan fingerprint density at radius 2 is 1.83 bits per heavy atom. The summed E-state index contributed by atoms with van der Waals surface area (Å²) in [5, 5.41) is 2.76. The lowest BCUT2D eigenvalue weighted by atomic mass is 9.91. The molecule has 0 saturated carbocycles. The summed E-state index contributed by atoms with van der Waals surface area (Å²) < 4.78 is 23.0. The number of amides is 1. The first-order valence-electron chi connectivity index (χ1n) is 11.5. The zero-order chi connectivity index (χ0) is 26.1. The van der Waals surface area contributed by atoms with Gasteiger partial charge >= 0.3 is 7.60 Å². The van der Waals surface area contributed by atoms with E-state index in [1.807, 2.05) is 12.1 Å². The summed E-state index contributed by atoms with van der Waals surface area (Å²) in [5.41, 5.74) is 14.3. The lowest BCUT2D eigenvalue weighted by Crippen LogP contribution is -2.27. The molecular weight excluding hydrogens is 481 g/mol. The average molecular weight is 512 g/mol. The molecule has 3 rings (SSSR count). The van der Waals surface area contributed by atoms with Crippen LogP contribution in [0.5, 0.6) is 0 Å². The lowest BCUT2D eigenvalue weighted by Gasteiger charge is -2.17. The van der Waals surface area contributed by atoms with Crippen molar-refractivity contribution in [3.63, 3.8) is 0 Å². The molecule has 0 aliphatic heterocycles. The SMILES string of the molecule is C#CCC(Cc1cnc2nc(N)nc(N)c2n1)c1ccc(C(=O)NCCP(=O)(OCC)OCC)cc1. The van der Waals surface area contributed by atoms with Gasteiger partial charge in [-0.15, -0.1) is 12.3 Å². The molecule has 0 aliphatic carbocycles. The van der Waals surface area contributed by atoms with Crippen molar-refractivity contribution < 1.29 is 18.4 Å². The molecule has 0 bridgehead atoms. The van der Waals surface area contributed by atoms with E-state index in [2.05, 4.69) is 31.2 Å². The van der Waals surface area contributed by atoms with Crippen LogP contribution in [0.15, 0.2) is 30.5 Å². The number of carbonyl (C=O) groups excluding carboxylic acids is 1. The molecule has 36 heavy (non-hydrogen) atoms. The average Bonchev–Trinajstić information content (AvgIpc) is 2.84. The molecule has 1 unspecified atom stereocenters. The minimum Gasteiger partial charge on any atom is -0.382 e. The number of benzene rings is 1. The summed E-state index contributed by atoms with van der Waals surface area (Å²) in [6.45, 7) is 4.19. The van der Waals surface area contributed by atoms with E-state index in [1.54, 1.807) is 32.2 Å². The van der Waals surface area contributed by atoms with E-state index in [0.29, 0.717) is 35.3 Å². The second kappa shape index (κ2) is 12.4. The number of hydrogen-bond acceptors (Lipinski definition) is 10. The molecule has 0 saturated heterocycles. The van der Waals surface area contributed by atoms with Crippen LogP contribution in [0.3, 0.4) is 0 Å². The van der Waals surface area contributed by atoms with Gasteiger partial charge in [-0.05, 0) is 38.0 Å². The molecule has 190 valence electrons. The van der Waals surface area contributed by atoms with Gasteiger partial charge in [-0.3, -0.25) is 9.36 Å². The van der Waals surface area contributed by atoms with Crippen molar-refractivity contribution >= 4 is 36.4 Å². The summed E-state index contributed by atoms with van der Waals surface area (Å²) in [6.07, 6.45) is 8.29. The Morgan fingerprint density at radius 1 is 1.14 bits per heavy atom. The van der Waals surface area contributed by atoms with E-state index in [4.69, 9.17) is 26.9 Å². The van der Waals surface area contributed by atoms with Crippen LogP contribution in [-0.2, 0) is 20.0 Å². The minimum atomic E-state index is -3.22. The fourth-order valence-corrected chi connectivity index (χ4v) is 5.16. The van der Waals surface area contributed by atoms with E-state index in [9.17, 15) is 9.36 Å². The van der Waals surface area contributed by atoms with Crippen molar-refractivity contribution in [2.24, 2.45) is 0 Å². The van der Waals surface area contributed by atoms with Crippen molar-refractivity contribution in [3.05, 3.63) is 47.3 Å². The molecule has 3 aromatic rings. The smallest absolute Gasteiger partial charge is 0.332 e. The molecule has 1 aromatic carbocycles. The van der Waals surface area contributed by atoms with Gasteiger partial charge in [-0.25, -0.2) is 9.97 Å². The Labute approximate surface area is 210 Å². The van der Waals surface area contributed by atoms with Crippen molar-refractivity contribution in [1.82, 2.24) is 25.3 Å². The number of hydrogen-bond donors (Lipinski definition) is 3. The van der Waals surface area contributed by atoms with E-state index in [1.165, 1.54) is 0 Å². The maximum atomic E-state index is 12.6. The van der Waals surface area contributed by atoms with E-state index >= 15 is 0 Å². The fraction of sp³-hybridized carbons (Fsp3) is 0.375. The number of rotatable bonds is 12. The van der Waals surface area contributed by atoms with Gasteiger partial charge in [0.25, 0.3) is 5.91 Å². The van der Waals surface area contributed by atoms with Crippen LogP contribution in [0.4, 0.5) is 11.8 Å². The van der Waals surface area contributed by atoms with Gasteiger partial charge in [0.15, 0.2) is 17.0 Å². The summed E-state index contributed by atoms with van der Waals surface area (Å²) >= 11 is 0. The van der Waals surface area contributed by atoms with E-state index in [0.717, 1.165) is 5.56 Å². The largest absolute Gasteiger partial charge is 0.382 e. The van der Waals surface area contributed by atoms with Gasteiger partial charge in [0, 0.05) is 24.4 Å². The molecule has 11 nitrogen and oxygen atoms in total. The standard InChI is InChI=1S/C24H30N7O4P/c1-4-7-18(14-19-15-28-22-20(29-19)21(25)30-24(26)31-22)16-8-10-17(11-9-16)23(32)27-12-13-36(33,34-5-2)35-6-3/h1,8-11,15,18H,5-7,12-14H2,2-3H3,(H,27,32)(H4,25,26,28,30,31). The highest BCUT2D eigenvalue weighted by Gasteiger charge is 2.23. The first-order chi connectivity index (χ1) is 17.3. The fourth-order valence-electron chi connectivity index (χ4n) is 3.66. The molecule has 1 atom stereocenters. The molecule has 0 fully saturated rings. The van der Waals surface area contributed by atoms with Gasteiger partial charge in [-0.1, -0.05) is 12.1 Å². The molecule has 0 spiro atoms. The Balaban J connectivity index is 1.67. The topological polar surface area (TPSA) is 168 Å².